The van der Waals surface area contributed by atoms with E-state index < -0.39 is 0 Å². The maximum Gasteiger partial charge on any atom is 0.0239 e. The van der Waals surface area contributed by atoms with Crippen molar-refractivity contribution in [3.05, 3.63) is 71.8 Å². The molecule has 192 valence electrons. The average Bonchev–Trinajstić information content (AvgIpc) is 2.79. The summed E-state index contributed by atoms with van der Waals surface area (Å²) in [6.07, 6.45) is 13.5. The highest BCUT2D eigenvalue weighted by molar-refractivity contribution is 8.02. The van der Waals surface area contributed by atoms with Crippen LogP contribution in [0, 0.1) is 22.7 Å². The van der Waals surface area contributed by atoms with Crippen molar-refractivity contribution in [1.82, 2.24) is 0 Å². The lowest BCUT2D eigenvalue weighted by Gasteiger charge is -2.58. The van der Waals surface area contributed by atoms with Crippen LogP contribution in [0.3, 0.4) is 0 Å². The Morgan fingerprint density at radius 1 is 0.600 bits per heavy atom. The van der Waals surface area contributed by atoms with Crippen molar-refractivity contribution < 1.29 is 0 Å². The molecule has 2 aromatic carbocycles. The molecule has 0 bridgehead atoms. The third-order valence-corrected chi connectivity index (χ3v) is 11.2. The lowest BCUT2D eigenvalue weighted by atomic mass is 9.63. The molecule has 4 atom stereocenters. The Balaban J connectivity index is 1.83. The topological polar surface area (TPSA) is 0 Å². The largest absolute Gasteiger partial charge is 0.147 e. The van der Waals surface area contributed by atoms with Gasteiger partial charge in [0, 0.05) is 9.49 Å². The average molecular weight is 491 g/mol. The fourth-order valence-corrected chi connectivity index (χ4v) is 10.9. The van der Waals surface area contributed by atoms with Gasteiger partial charge in [0.15, 0.2) is 0 Å². The molecule has 2 aliphatic carbocycles. The highest BCUT2D eigenvalue weighted by atomic mass is 32.2. The predicted octanol–water partition coefficient (Wildman–Crippen LogP) is 10.2. The van der Waals surface area contributed by atoms with Crippen LogP contribution in [-0.2, 0) is 12.8 Å². The molecule has 0 nitrogen and oxygen atoms in total. The Morgan fingerprint density at radius 2 is 0.971 bits per heavy atom. The van der Waals surface area contributed by atoms with Gasteiger partial charge in [0.05, 0.1) is 0 Å². The molecule has 1 heteroatoms. The summed E-state index contributed by atoms with van der Waals surface area (Å²) < 4.78 is 0.598. The van der Waals surface area contributed by atoms with Crippen molar-refractivity contribution in [1.29, 1.82) is 0 Å². The monoisotopic (exact) mass is 490 g/mol. The summed E-state index contributed by atoms with van der Waals surface area (Å²) in [6, 6.07) is 22.9. The lowest BCUT2D eigenvalue weighted by Crippen LogP contribution is -2.54. The molecule has 2 aliphatic rings. The van der Waals surface area contributed by atoms with Gasteiger partial charge in [-0.15, -0.1) is 11.8 Å². The van der Waals surface area contributed by atoms with E-state index in [-0.39, 0.29) is 0 Å². The molecule has 0 radical (unpaired) electrons. The van der Waals surface area contributed by atoms with Crippen molar-refractivity contribution in [3.63, 3.8) is 0 Å². The summed E-state index contributed by atoms with van der Waals surface area (Å²) in [5, 5.41) is 0. The zero-order chi connectivity index (χ0) is 25.2. The van der Waals surface area contributed by atoms with E-state index in [1.807, 2.05) is 0 Å². The van der Waals surface area contributed by atoms with Crippen LogP contribution < -0.4 is 0 Å². The molecular formula is C34H50S. The maximum absolute atomic E-state index is 2.52. The molecule has 35 heavy (non-hydrogen) atoms. The fourth-order valence-electron chi connectivity index (χ4n) is 7.89. The van der Waals surface area contributed by atoms with E-state index in [4.69, 9.17) is 0 Å². The second kappa shape index (κ2) is 10.6. The molecule has 4 unspecified atom stereocenters. The predicted molar refractivity (Wildman–Crippen MR) is 156 cm³/mol. The molecule has 0 heterocycles. The Morgan fingerprint density at radius 3 is 1.31 bits per heavy atom. The van der Waals surface area contributed by atoms with Crippen molar-refractivity contribution in [2.45, 2.75) is 115 Å². The highest BCUT2D eigenvalue weighted by Gasteiger charge is 2.55. The normalized spacial score (nSPS) is 30.2. The molecule has 2 fully saturated rings. The molecule has 0 spiro atoms. The molecule has 4 rings (SSSR count). The van der Waals surface area contributed by atoms with Gasteiger partial charge in [-0.05, 0) is 72.3 Å². The number of hydrogen-bond acceptors (Lipinski definition) is 1. The maximum atomic E-state index is 2.52. The van der Waals surface area contributed by atoms with Crippen molar-refractivity contribution >= 4 is 11.8 Å². The number of hydrogen-bond donors (Lipinski definition) is 0. The van der Waals surface area contributed by atoms with E-state index in [0.29, 0.717) is 20.3 Å². The lowest BCUT2D eigenvalue weighted by molar-refractivity contribution is 0.113. The third-order valence-electron chi connectivity index (χ3n) is 9.15. The first-order valence-electron chi connectivity index (χ1n) is 14.3. The van der Waals surface area contributed by atoms with Crippen LogP contribution in [0.5, 0.6) is 0 Å². The van der Waals surface area contributed by atoms with E-state index in [1.54, 1.807) is 0 Å². The number of benzene rings is 2. The van der Waals surface area contributed by atoms with Crippen LogP contribution in [0.2, 0.25) is 0 Å². The molecule has 0 N–H and O–H groups in total. The molecule has 0 aromatic heterocycles. The van der Waals surface area contributed by atoms with Gasteiger partial charge in [0.1, 0.15) is 0 Å². The smallest absolute Gasteiger partial charge is 0.0239 e. The molecule has 0 amide bonds. The van der Waals surface area contributed by atoms with Crippen LogP contribution in [-0.4, -0.2) is 9.49 Å². The SMILES string of the molecule is CC(C)(C)C1CCCCC1(Cc1ccccc1)SC1(Cc2ccccc2)CCCCC1C(C)(C)C. The Hall–Kier alpha value is -1.21. The highest BCUT2D eigenvalue weighted by Crippen LogP contribution is 2.62. The summed E-state index contributed by atoms with van der Waals surface area (Å²) in [5.41, 5.74) is 3.72. The summed E-state index contributed by atoms with van der Waals surface area (Å²) in [5.74, 6) is 1.48. The van der Waals surface area contributed by atoms with Gasteiger partial charge in [0.2, 0.25) is 0 Å². The van der Waals surface area contributed by atoms with Crippen LogP contribution in [0.4, 0.5) is 0 Å². The van der Waals surface area contributed by atoms with Crippen LogP contribution in [0.25, 0.3) is 0 Å². The second-order valence-electron chi connectivity index (χ2n) is 13.9. The van der Waals surface area contributed by atoms with Crippen molar-refractivity contribution in [2.24, 2.45) is 22.7 Å². The minimum atomic E-state index is 0.299. The Bertz CT molecular complexity index is 841. The van der Waals surface area contributed by atoms with Gasteiger partial charge in [0.25, 0.3) is 0 Å². The summed E-state index contributed by atoms with van der Waals surface area (Å²) in [6.45, 7) is 15.1. The van der Waals surface area contributed by atoms with Crippen LogP contribution >= 0.6 is 11.8 Å². The minimum absolute atomic E-state index is 0.299. The van der Waals surface area contributed by atoms with Crippen LogP contribution in [0.15, 0.2) is 60.7 Å². The molecular weight excluding hydrogens is 440 g/mol. The van der Waals surface area contributed by atoms with Crippen molar-refractivity contribution in [2.75, 3.05) is 0 Å². The summed E-state index contributed by atoms with van der Waals surface area (Å²) >= 11 is 2.50. The molecule has 2 saturated carbocycles. The van der Waals surface area contributed by atoms with Gasteiger partial charge in [-0.3, -0.25) is 0 Å². The first-order chi connectivity index (χ1) is 16.5. The van der Waals surface area contributed by atoms with Gasteiger partial charge < -0.3 is 0 Å². The van der Waals surface area contributed by atoms with Gasteiger partial charge >= 0.3 is 0 Å². The Labute approximate surface area is 221 Å². The minimum Gasteiger partial charge on any atom is -0.147 e. The Kier molecular flexibility index (Phi) is 8.16. The van der Waals surface area contributed by atoms with E-state index in [0.717, 1.165) is 11.8 Å². The van der Waals surface area contributed by atoms with Gasteiger partial charge in [-0.1, -0.05) is 128 Å². The number of thioether (sulfide) groups is 1. The molecule has 0 aliphatic heterocycles. The van der Waals surface area contributed by atoms with Gasteiger partial charge in [-0.2, -0.15) is 0 Å². The quantitative estimate of drug-likeness (QED) is 0.388. The first kappa shape index (κ1) is 26.8. The molecule has 0 saturated heterocycles. The van der Waals surface area contributed by atoms with Crippen molar-refractivity contribution in [3.8, 4) is 0 Å². The zero-order valence-electron chi connectivity index (χ0n) is 23.4. The van der Waals surface area contributed by atoms with E-state index in [9.17, 15) is 0 Å². The van der Waals surface area contributed by atoms with Crippen LogP contribution in [0.1, 0.15) is 104 Å². The van der Waals surface area contributed by atoms with E-state index >= 15 is 0 Å². The molecule has 2 aromatic rings. The fraction of sp³-hybridized carbons (Fsp3) is 0.647. The van der Waals surface area contributed by atoms with E-state index in [2.05, 4.69) is 114 Å². The van der Waals surface area contributed by atoms with Gasteiger partial charge in [-0.25, -0.2) is 0 Å². The summed E-state index contributed by atoms with van der Waals surface area (Å²) in [7, 11) is 0. The van der Waals surface area contributed by atoms with E-state index in [1.165, 1.54) is 75.3 Å². The second-order valence-corrected chi connectivity index (χ2v) is 15.7. The standard InChI is InChI=1S/C34H50S/c1-31(2,3)29-21-13-15-23-33(29,25-27-17-9-7-10-18-27)35-34(26-28-19-11-8-12-20-28)24-16-14-22-30(34)32(4,5)6/h7-12,17-20,29-30H,13-16,21-26H2,1-6H3. The first-order valence-corrected chi connectivity index (χ1v) is 15.1. The number of rotatable bonds is 6. The zero-order valence-corrected chi connectivity index (χ0v) is 24.2. The summed E-state index contributed by atoms with van der Waals surface area (Å²) in [4.78, 5) is 0. The third kappa shape index (κ3) is 6.20.